The number of hydrogen-bond acceptors (Lipinski definition) is 4. The second-order valence-electron chi connectivity index (χ2n) is 4.30. The average Bonchev–Trinajstić information content (AvgIpc) is 2.90. The van der Waals surface area contributed by atoms with Crippen LogP contribution < -0.4 is 10.5 Å². The van der Waals surface area contributed by atoms with Crippen molar-refractivity contribution >= 4 is 5.82 Å². The summed E-state index contributed by atoms with van der Waals surface area (Å²) in [7, 11) is 1.63. The standard InChI is InChI=1S/C15H14N4O/c1-20-13-9-7-11(8-10-13)14-15(16)19(18-17-14)12-5-3-2-4-6-12/h2-10H,16H2,1H3. The third-order valence-corrected chi connectivity index (χ3v) is 3.07. The van der Waals surface area contributed by atoms with Crippen molar-refractivity contribution in [2.24, 2.45) is 0 Å². The van der Waals surface area contributed by atoms with E-state index in [1.54, 1.807) is 11.8 Å². The van der Waals surface area contributed by atoms with Gasteiger partial charge in [0.05, 0.1) is 12.8 Å². The number of hydrogen-bond donors (Lipinski definition) is 1. The molecule has 0 aliphatic heterocycles. The van der Waals surface area contributed by atoms with Crippen LogP contribution in [0.4, 0.5) is 5.82 Å². The average molecular weight is 266 g/mol. The SMILES string of the molecule is COc1ccc(-c2nnn(-c3ccccc3)c2N)cc1. The molecule has 3 aromatic rings. The Kier molecular flexibility index (Phi) is 3.09. The fourth-order valence-corrected chi connectivity index (χ4v) is 2.00. The maximum atomic E-state index is 6.14. The lowest BCUT2D eigenvalue weighted by Gasteiger charge is -2.04. The normalized spacial score (nSPS) is 10.4. The van der Waals surface area contributed by atoms with Crippen molar-refractivity contribution in [3.8, 4) is 22.7 Å². The summed E-state index contributed by atoms with van der Waals surface area (Å²) in [5.41, 5.74) is 8.60. The Hall–Kier alpha value is -2.82. The Labute approximate surface area is 116 Å². The van der Waals surface area contributed by atoms with Crippen LogP contribution in [0.1, 0.15) is 0 Å². The van der Waals surface area contributed by atoms with Gasteiger partial charge in [0.25, 0.3) is 0 Å². The van der Waals surface area contributed by atoms with Crippen LogP contribution in [0, 0.1) is 0 Å². The second-order valence-corrected chi connectivity index (χ2v) is 4.30. The summed E-state index contributed by atoms with van der Waals surface area (Å²) in [6.07, 6.45) is 0. The minimum absolute atomic E-state index is 0.515. The van der Waals surface area contributed by atoms with Crippen molar-refractivity contribution in [2.75, 3.05) is 12.8 Å². The fraction of sp³-hybridized carbons (Fsp3) is 0.0667. The first-order chi connectivity index (χ1) is 9.79. The highest BCUT2D eigenvalue weighted by molar-refractivity contribution is 5.71. The minimum atomic E-state index is 0.515. The van der Waals surface area contributed by atoms with Crippen LogP contribution in [-0.2, 0) is 0 Å². The van der Waals surface area contributed by atoms with Gasteiger partial charge in [-0.25, -0.2) is 0 Å². The van der Waals surface area contributed by atoms with Gasteiger partial charge in [-0.15, -0.1) is 5.10 Å². The van der Waals surface area contributed by atoms with Crippen molar-refractivity contribution < 1.29 is 4.74 Å². The lowest BCUT2D eigenvalue weighted by atomic mass is 10.1. The number of para-hydroxylation sites is 1. The number of methoxy groups -OCH3 is 1. The molecule has 0 fully saturated rings. The molecule has 2 N–H and O–H groups in total. The number of nitrogens with zero attached hydrogens (tertiary/aromatic N) is 3. The summed E-state index contributed by atoms with van der Waals surface area (Å²) >= 11 is 0. The molecule has 0 atom stereocenters. The van der Waals surface area contributed by atoms with E-state index < -0.39 is 0 Å². The highest BCUT2D eigenvalue weighted by Gasteiger charge is 2.12. The van der Waals surface area contributed by atoms with Crippen LogP contribution >= 0.6 is 0 Å². The number of benzene rings is 2. The van der Waals surface area contributed by atoms with Gasteiger partial charge in [0.15, 0.2) is 5.82 Å². The summed E-state index contributed by atoms with van der Waals surface area (Å²) in [6, 6.07) is 17.2. The molecule has 0 spiro atoms. The molecule has 0 radical (unpaired) electrons. The number of anilines is 1. The number of rotatable bonds is 3. The van der Waals surface area contributed by atoms with Gasteiger partial charge in [0, 0.05) is 5.56 Å². The highest BCUT2D eigenvalue weighted by atomic mass is 16.5. The first-order valence-electron chi connectivity index (χ1n) is 6.20. The zero-order valence-electron chi connectivity index (χ0n) is 11.0. The molecule has 0 amide bonds. The van der Waals surface area contributed by atoms with E-state index in [9.17, 15) is 0 Å². The molecule has 0 aliphatic carbocycles. The van der Waals surface area contributed by atoms with E-state index in [4.69, 9.17) is 10.5 Å². The largest absolute Gasteiger partial charge is 0.497 e. The van der Waals surface area contributed by atoms with Crippen LogP contribution in [0.5, 0.6) is 5.75 Å². The van der Waals surface area contributed by atoms with Gasteiger partial charge in [-0.2, -0.15) is 4.68 Å². The van der Waals surface area contributed by atoms with E-state index in [1.807, 2.05) is 54.6 Å². The van der Waals surface area contributed by atoms with Gasteiger partial charge in [-0.05, 0) is 36.4 Å². The second kappa shape index (κ2) is 5.05. The van der Waals surface area contributed by atoms with E-state index >= 15 is 0 Å². The molecule has 20 heavy (non-hydrogen) atoms. The van der Waals surface area contributed by atoms with Crippen LogP contribution in [0.2, 0.25) is 0 Å². The predicted octanol–water partition coefficient (Wildman–Crippen LogP) is 2.53. The molecule has 0 aliphatic rings. The number of nitrogens with two attached hydrogens (primary N) is 1. The summed E-state index contributed by atoms with van der Waals surface area (Å²) in [5, 5.41) is 8.28. The van der Waals surface area contributed by atoms with E-state index in [2.05, 4.69) is 10.3 Å². The third kappa shape index (κ3) is 2.09. The molecular weight excluding hydrogens is 252 g/mol. The molecule has 1 heterocycles. The Bertz CT molecular complexity index is 704. The van der Waals surface area contributed by atoms with Crippen molar-refractivity contribution in [3.63, 3.8) is 0 Å². The van der Waals surface area contributed by atoms with Gasteiger partial charge < -0.3 is 10.5 Å². The van der Waals surface area contributed by atoms with Gasteiger partial charge in [-0.1, -0.05) is 23.4 Å². The van der Waals surface area contributed by atoms with E-state index in [0.717, 1.165) is 17.0 Å². The summed E-state index contributed by atoms with van der Waals surface area (Å²) in [4.78, 5) is 0. The summed E-state index contributed by atoms with van der Waals surface area (Å²) < 4.78 is 6.76. The van der Waals surface area contributed by atoms with Crippen LogP contribution in [0.15, 0.2) is 54.6 Å². The lowest BCUT2D eigenvalue weighted by Crippen LogP contribution is -2.01. The van der Waals surface area contributed by atoms with Gasteiger partial charge in [0.2, 0.25) is 0 Å². The first kappa shape index (κ1) is 12.2. The van der Waals surface area contributed by atoms with Crippen molar-refractivity contribution in [1.29, 1.82) is 0 Å². The number of aromatic nitrogens is 3. The molecular formula is C15H14N4O. The van der Waals surface area contributed by atoms with Crippen molar-refractivity contribution in [1.82, 2.24) is 15.0 Å². The monoisotopic (exact) mass is 266 g/mol. The molecule has 3 rings (SSSR count). The van der Waals surface area contributed by atoms with E-state index in [0.29, 0.717) is 11.5 Å². The Morgan fingerprint density at radius 2 is 1.70 bits per heavy atom. The number of nitrogen functional groups attached to an aromatic ring is 1. The molecule has 5 nitrogen and oxygen atoms in total. The van der Waals surface area contributed by atoms with Crippen LogP contribution in [0.3, 0.4) is 0 Å². The van der Waals surface area contributed by atoms with E-state index in [1.165, 1.54) is 0 Å². The van der Waals surface area contributed by atoms with Gasteiger partial charge in [0.1, 0.15) is 11.4 Å². The Morgan fingerprint density at radius 3 is 2.35 bits per heavy atom. The van der Waals surface area contributed by atoms with Gasteiger partial charge >= 0.3 is 0 Å². The van der Waals surface area contributed by atoms with Gasteiger partial charge in [-0.3, -0.25) is 0 Å². The molecule has 0 saturated carbocycles. The zero-order chi connectivity index (χ0) is 13.9. The molecule has 1 aromatic heterocycles. The molecule has 0 unspecified atom stereocenters. The number of ether oxygens (including phenoxy) is 1. The first-order valence-corrected chi connectivity index (χ1v) is 6.20. The molecule has 5 heteroatoms. The van der Waals surface area contributed by atoms with Crippen LogP contribution in [0.25, 0.3) is 16.9 Å². The summed E-state index contributed by atoms with van der Waals surface area (Å²) in [5.74, 6) is 1.31. The fourth-order valence-electron chi connectivity index (χ4n) is 2.00. The highest BCUT2D eigenvalue weighted by Crippen LogP contribution is 2.26. The maximum Gasteiger partial charge on any atom is 0.155 e. The summed E-state index contributed by atoms with van der Waals surface area (Å²) in [6.45, 7) is 0. The molecule has 0 bridgehead atoms. The lowest BCUT2D eigenvalue weighted by molar-refractivity contribution is 0.415. The minimum Gasteiger partial charge on any atom is -0.497 e. The zero-order valence-corrected chi connectivity index (χ0v) is 11.0. The van der Waals surface area contributed by atoms with Crippen LogP contribution in [-0.4, -0.2) is 22.1 Å². The smallest absolute Gasteiger partial charge is 0.155 e. The van der Waals surface area contributed by atoms with Crippen molar-refractivity contribution in [3.05, 3.63) is 54.6 Å². The third-order valence-electron chi connectivity index (χ3n) is 3.07. The Morgan fingerprint density at radius 1 is 1.00 bits per heavy atom. The maximum absolute atomic E-state index is 6.14. The quantitative estimate of drug-likeness (QED) is 0.791. The van der Waals surface area contributed by atoms with E-state index in [-0.39, 0.29) is 0 Å². The molecule has 100 valence electrons. The topological polar surface area (TPSA) is 66.0 Å². The predicted molar refractivity (Wildman–Crippen MR) is 77.8 cm³/mol. The molecule has 0 saturated heterocycles. The Balaban J connectivity index is 2.01. The molecule has 2 aromatic carbocycles. The van der Waals surface area contributed by atoms with Crippen molar-refractivity contribution in [2.45, 2.75) is 0 Å².